The van der Waals surface area contributed by atoms with Crippen molar-refractivity contribution >= 4 is 0 Å². The van der Waals surface area contributed by atoms with Crippen molar-refractivity contribution in [3.63, 3.8) is 0 Å². The molecule has 2 saturated heterocycles. The van der Waals surface area contributed by atoms with Crippen LogP contribution in [0, 0.1) is 12.8 Å². The van der Waals surface area contributed by atoms with Gasteiger partial charge in [0, 0.05) is 25.7 Å². The summed E-state index contributed by atoms with van der Waals surface area (Å²) in [5.74, 6) is 0.591. The number of rotatable bonds is 5. The first-order chi connectivity index (χ1) is 11.2. The average Bonchev–Trinajstić information content (AvgIpc) is 2.58. The molecular formula is C18H30N4O. The molecule has 0 aliphatic carbocycles. The molecule has 2 aliphatic heterocycles. The molecule has 0 unspecified atom stereocenters. The van der Waals surface area contributed by atoms with Crippen LogP contribution >= 0.6 is 0 Å². The molecule has 1 aromatic heterocycles. The summed E-state index contributed by atoms with van der Waals surface area (Å²) in [6, 6.07) is 3.43. The van der Waals surface area contributed by atoms with Crippen molar-refractivity contribution in [3.8, 4) is 0 Å². The van der Waals surface area contributed by atoms with Gasteiger partial charge in [-0.2, -0.15) is 5.10 Å². The minimum Gasteiger partial charge on any atom is -0.302 e. The highest BCUT2D eigenvalue weighted by Gasteiger charge is 2.21. The summed E-state index contributed by atoms with van der Waals surface area (Å²) in [6.45, 7) is 10.1. The molecule has 5 nitrogen and oxygen atoms in total. The average molecular weight is 318 g/mol. The van der Waals surface area contributed by atoms with Gasteiger partial charge >= 0.3 is 0 Å². The number of hydrogen-bond acceptors (Lipinski definition) is 4. The molecule has 0 radical (unpaired) electrons. The Bertz CT molecular complexity index is 542. The topological polar surface area (TPSA) is 41.4 Å². The zero-order chi connectivity index (χ0) is 16.1. The number of piperidine rings is 2. The number of aryl methyl sites for hydroxylation is 1. The summed E-state index contributed by atoms with van der Waals surface area (Å²) in [6.07, 6.45) is 6.53. The second-order valence-electron chi connectivity index (χ2n) is 7.18. The van der Waals surface area contributed by atoms with Crippen molar-refractivity contribution in [2.45, 2.75) is 45.6 Å². The monoisotopic (exact) mass is 318 g/mol. The Labute approximate surface area is 139 Å². The summed E-state index contributed by atoms with van der Waals surface area (Å²) in [5.41, 5.74) is 0.951. The predicted octanol–water partition coefficient (Wildman–Crippen LogP) is 1.75. The van der Waals surface area contributed by atoms with Crippen molar-refractivity contribution in [2.75, 3.05) is 39.3 Å². The van der Waals surface area contributed by atoms with Gasteiger partial charge in [-0.3, -0.25) is 4.79 Å². The minimum atomic E-state index is 0.0307. The lowest BCUT2D eigenvalue weighted by atomic mass is 9.97. The van der Waals surface area contributed by atoms with Crippen LogP contribution < -0.4 is 5.56 Å². The molecule has 5 heteroatoms. The first-order valence-electron chi connectivity index (χ1n) is 9.20. The van der Waals surface area contributed by atoms with E-state index in [1.54, 1.807) is 16.8 Å². The molecule has 128 valence electrons. The van der Waals surface area contributed by atoms with Crippen LogP contribution in [0.1, 0.15) is 37.8 Å². The lowest BCUT2D eigenvalue weighted by Gasteiger charge is -2.34. The molecule has 2 aliphatic rings. The Hall–Kier alpha value is -1.20. The first-order valence-corrected chi connectivity index (χ1v) is 9.20. The summed E-state index contributed by atoms with van der Waals surface area (Å²) < 4.78 is 1.66. The van der Waals surface area contributed by atoms with Crippen LogP contribution in [0.15, 0.2) is 16.9 Å². The number of hydrogen-bond donors (Lipinski definition) is 0. The van der Waals surface area contributed by atoms with E-state index in [4.69, 9.17) is 0 Å². The molecule has 0 amide bonds. The van der Waals surface area contributed by atoms with Crippen molar-refractivity contribution in [1.29, 1.82) is 0 Å². The lowest BCUT2D eigenvalue weighted by Crippen LogP contribution is -2.42. The maximum absolute atomic E-state index is 11.9. The molecule has 3 heterocycles. The van der Waals surface area contributed by atoms with Crippen LogP contribution in [-0.2, 0) is 6.54 Å². The zero-order valence-corrected chi connectivity index (χ0v) is 14.4. The summed E-state index contributed by atoms with van der Waals surface area (Å²) in [5, 5.41) is 4.37. The number of nitrogens with zero attached hydrogens (tertiary/aromatic N) is 4. The normalized spacial score (nSPS) is 21.6. The largest absolute Gasteiger partial charge is 0.302 e. The molecule has 1 aromatic rings. The van der Waals surface area contributed by atoms with Gasteiger partial charge in [0.05, 0.1) is 5.69 Å². The highest BCUT2D eigenvalue weighted by molar-refractivity contribution is 4.97. The molecular weight excluding hydrogens is 288 g/mol. The SMILES string of the molecule is Cc1ccc(=O)n(CC2CCN(CCN3CCCCC3)CC2)n1. The first kappa shape index (κ1) is 16.7. The van der Waals surface area contributed by atoms with Crippen LogP contribution in [0.2, 0.25) is 0 Å². The second kappa shape index (κ2) is 8.06. The van der Waals surface area contributed by atoms with Gasteiger partial charge in [0.25, 0.3) is 5.56 Å². The van der Waals surface area contributed by atoms with Gasteiger partial charge in [-0.15, -0.1) is 0 Å². The maximum atomic E-state index is 11.9. The quantitative estimate of drug-likeness (QED) is 0.829. The smallest absolute Gasteiger partial charge is 0.266 e. The summed E-state index contributed by atoms with van der Waals surface area (Å²) in [4.78, 5) is 17.1. The van der Waals surface area contributed by atoms with Gasteiger partial charge in [-0.1, -0.05) is 6.42 Å². The van der Waals surface area contributed by atoms with E-state index in [-0.39, 0.29) is 5.56 Å². The van der Waals surface area contributed by atoms with E-state index < -0.39 is 0 Å². The predicted molar refractivity (Wildman–Crippen MR) is 92.7 cm³/mol. The summed E-state index contributed by atoms with van der Waals surface area (Å²) >= 11 is 0. The van der Waals surface area contributed by atoms with Crippen LogP contribution in [0.5, 0.6) is 0 Å². The van der Waals surface area contributed by atoms with E-state index in [0.717, 1.165) is 12.2 Å². The second-order valence-corrected chi connectivity index (χ2v) is 7.18. The number of likely N-dealkylation sites (tertiary alicyclic amines) is 2. The van der Waals surface area contributed by atoms with Crippen LogP contribution in [0.3, 0.4) is 0 Å². The standard InChI is InChI=1S/C18H30N4O/c1-16-5-6-18(23)22(19-16)15-17-7-11-21(12-8-17)14-13-20-9-3-2-4-10-20/h5-6,17H,2-4,7-15H2,1H3. The molecule has 0 bridgehead atoms. The molecule has 0 saturated carbocycles. The molecule has 0 N–H and O–H groups in total. The summed E-state index contributed by atoms with van der Waals surface area (Å²) in [7, 11) is 0. The van der Waals surface area contributed by atoms with E-state index >= 15 is 0 Å². The Balaban J connectivity index is 1.41. The van der Waals surface area contributed by atoms with Crippen molar-refractivity contribution in [2.24, 2.45) is 5.92 Å². The Kier molecular flexibility index (Phi) is 5.84. The fourth-order valence-corrected chi connectivity index (χ4v) is 3.78. The van der Waals surface area contributed by atoms with Crippen molar-refractivity contribution in [3.05, 3.63) is 28.2 Å². The van der Waals surface area contributed by atoms with E-state index in [2.05, 4.69) is 14.9 Å². The third kappa shape index (κ3) is 4.88. The van der Waals surface area contributed by atoms with Crippen LogP contribution in [0.25, 0.3) is 0 Å². The molecule has 23 heavy (non-hydrogen) atoms. The van der Waals surface area contributed by atoms with Gasteiger partial charge in [-0.05, 0) is 70.8 Å². The van der Waals surface area contributed by atoms with E-state index in [0.29, 0.717) is 5.92 Å². The van der Waals surface area contributed by atoms with Crippen molar-refractivity contribution in [1.82, 2.24) is 19.6 Å². The third-order valence-corrected chi connectivity index (χ3v) is 5.32. The Morgan fingerprint density at radius 1 is 1.00 bits per heavy atom. The van der Waals surface area contributed by atoms with Gasteiger partial charge in [0.1, 0.15) is 0 Å². The van der Waals surface area contributed by atoms with Gasteiger partial charge in [-0.25, -0.2) is 4.68 Å². The van der Waals surface area contributed by atoms with E-state index in [1.165, 1.54) is 71.4 Å². The van der Waals surface area contributed by atoms with Gasteiger partial charge < -0.3 is 9.80 Å². The van der Waals surface area contributed by atoms with E-state index in [9.17, 15) is 4.79 Å². The van der Waals surface area contributed by atoms with Crippen LogP contribution in [-0.4, -0.2) is 58.8 Å². The lowest BCUT2D eigenvalue weighted by molar-refractivity contribution is 0.138. The molecule has 0 spiro atoms. The molecule has 2 fully saturated rings. The van der Waals surface area contributed by atoms with E-state index in [1.807, 2.05) is 6.92 Å². The Morgan fingerprint density at radius 3 is 2.35 bits per heavy atom. The highest BCUT2D eigenvalue weighted by atomic mass is 16.1. The minimum absolute atomic E-state index is 0.0307. The van der Waals surface area contributed by atoms with Gasteiger partial charge in [0.2, 0.25) is 0 Å². The third-order valence-electron chi connectivity index (χ3n) is 5.32. The molecule has 3 rings (SSSR count). The molecule has 0 atom stereocenters. The zero-order valence-electron chi connectivity index (χ0n) is 14.4. The molecule has 0 aromatic carbocycles. The van der Waals surface area contributed by atoms with Gasteiger partial charge in [0.15, 0.2) is 0 Å². The Morgan fingerprint density at radius 2 is 1.65 bits per heavy atom. The van der Waals surface area contributed by atoms with Crippen LogP contribution in [0.4, 0.5) is 0 Å². The fourth-order valence-electron chi connectivity index (χ4n) is 3.78. The highest BCUT2D eigenvalue weighted by Crippen LogP contribution is 2.18. The maximum Gasteiger partial charge on any atom is 0.266 e. The van der Waals surface area contributed by atoms with Crippen molar-refractivity contribution < 1.29 is 0 Å². The number of aromatic nitrogens is 2. The fraction of sp³-hybridized carbons (Fsp3) is 0.778.